The van der Waals surface area contributed by atoms with Gasteiger partial charge in [0, 0.05) is 11.3 Å². The molecule has 2 rings (SSSR count). The minimum absolute atomic E-state index is 0.0506. The highest BCUT2D eigenvalue weighted by atomic mass is 19.1. The third-order valence-electron chi connectivity index (χ3n) is 3.56. The van der Waals surface area contributed by atoms with Gasteiger partial charge in [-0.25, -0.2) is 9.18 Å². The Balaban J connectivity index is 2.00. The van der Waals surface area contributed by atoms with Gasteiger partial charge >= 0.3 is 6.03 Å². The van der Waals surface area contributed by atoms with Gasteiger partial charge in [-0.1, -0.05) is 0 Å². The number of nitrogens with zero attached hydrogens (tertiary/aromatic N) is 1. The maximum Gasteiger partial charge on any atom is 0.319 e. The van der Waals surface area contributed by atoms with Gasteiger partial charge in [0.15, 0.2) is 0 Å². The van der Waals surface area contributed by atoms with Crippen LogP contribution < -0.4 is 10.6 Å². The molecule has 0 radical (unpaired) electrons. The molecule has 0 saturated heterocycles. The normalized spacial score (nSPS) is 13.0. The summed E-state index contributed by atoms with van der Waals surface area (Å²) >= 11 is 0. The molecule has 1 aromatic carbocycles. The van der Waals surface area contributed by atoms with Gasteiger partial charge in [-0.15, -0.1) is 0 Å². The minimum Gasteiger partial charge on any atom is -0.466 e. The van der Waals surface area contributed by atoms with Crippen LogP contribution in [-0.4, -0.2) is 17.7 Å². The summed E-state index contributed by atoms with van der Waals surface area (Å²) in [6.45, 7) is 5.02. The number of nitriles is 1. The Morgan fingerprint density at radius 1 is 1.42 bits per heavy atom. The van der Waals surface area contributed by atoms with E-state index >= 15 is 0 Å². The van der Waals surface area contributed by atoms with Gasteiger partial charge in [0.25, 0.3) is 0 Å². The first-order chi connectivity index (χ1) is 11.2. The summed E-state index contributed by atoms with van der Waals surface area (Å²) in [5.41, 5.74) is -0.599. The van der Waals surface area contributed by atoms with Gasteiger partial charge in [-0.05, 0) is 45.0 Å². The minimum atomic E-state index is -1.31. The van der Waals surface area contributed by atoms with E-state index in [1.165, 1.54) is 12.1 Å². The molecule has 1 unspecified atom stereocenters. The highest BCUT2D eigenvalue weighted by Crippen LogP contribution is 2.26. The number of rotatable bonds is 4. The molecule has 3 N–H and O–H groups in total. The Morgan fingerprint density at radius 3 is 2.71 bits per heavy atom. The number of benzene rings is 1. The van der Waals surface area contributed by atoms with E-state index in [1.54, 1.807) is 32.9 Å². The maximum absolute atomic E-state index is 13.2. The highest BCUT2D eigenvalue weighted by Gasteiger charge is 2.28. The lowest BCUT2D eigenvalue weighted by Crippen LogP contribution is -2.40. The largest absolute Gasteiger partial charge is 0.466 e. The van der Waals surface area contributed by atoms with Gasteiger partial charge in [0.05, 0.1) is 12.1 Å². The second-order valence-corrected chi connectivity index (χ2v) is 5.71. The lowest BCUT2D eigenvalue weighted by molar-refractivity contribution is 0.0584. The number of nitrogens with one attached hydrogen (secondary N) is 2. The molecule has 1 atom stereocenters. The smallest absolute Gasteiger partial charge is 0.319 e. The molecular weight excluding hydrogens is 313 g/mol. The number of anilines is 1. The van der Waals surface area contributed by atoms with Crippen molar-refractivity contribution < 1.29 is 18.7 Å². The molecule has 0 aliphatic rings. The molecule has 0 bridgehead atoms. The van der Waals surface area contributed by atoms with Gasteiger partial charge in [-0.3, -0.25) is 0 Å². The predicted molar refractivity (Wildman–Crippen MR) is 85.9 cm³/mol. The van der Waals surface area contributed by atoms with Gasteiger partial charge in [-0.2, -0.15) is 5.26 Å². The zero-order valence-corrected chi connectivity index (χ0v) is 13.6. The molecule has 2 amide bonds. The van der Waals surface area contributed by atoms with Crippen LogP contribution in [0, 0.1) is 31.0 Å². The summed E-state index contributed by atoms with van der Waals surface area (Å²) in [6, 6.07) is 6.51. The van der Waals surface area contributed by atoms with E-state index in [0.29, 0.717) is 17.1 Å². The standard InChI is InChI=1S/C17H18FN3O3/c1-10-6-14(11(2)24-10)17(3,23)9-20-16(22)21-13-4-5-15(18)12(7-13)8-19/h4-7,23H,9H2,1-3H3,(H2,20,21,22). The van der Waals surface area contributed by atoms with Crippen LogP contribution >= 0.6 is 0 Å². The summed E-state index contributed by atoms with van der Waals surface area (Å²) < 4.78 is 18.6. The Hall–Kier alpha value is -2.85. The third-order valence-corrected chi connectivity index (χ3v) is 3.56. The van der Waals surface area contributed by atoms with Crippen molar-refractivity contribution in [2.24, 2.45) is 0 Å². The molecule has 1 heterocycles. The molecule has 6 nitrogen and oxygen atoms in total. The first-order valence-electron chi connectivity index (χ1n) is 7.27. The number of carbonyl (C=O) groups is 1. The Bertz CT molecular complexity index is 806. The second kappa shape index (κ2) is 6.72. The van der Waals surface area contributed by atoms with Crippen LogP contribution in [0.3, 0.4) is 0 Å². The van der Waals surface area contributed by atoms with Crippen LogP contribution in [0.2, 0.25) is 0 Å². The van der Waals surface area contributed by atoms with Crippen molar-refractivity contribution >= 4 is 11.7 Å². The van der Waals surface area contributed by atoms with E-state index < -0.39 is 17.4 Å². The molecule has 0 fully saturated rings. The summed E-state index contributed by atoms with van der Waals surface area (Å²) in [7, 11) is 0. The monoisotopic (exact) mass is 331 g/mol. The average molecular weight is 331 g/mol. The van der Waals surface area contributed by atoms with Gasteiger partial charge < -0.3 is 20.2 Å². The summed E-state index contributed by atoms with van der Waals surface area (Å²) in [4.78, 5) is 11.9. The first kappa shape index (κ1) is 17.5. The molecule has 1 aromatic heterocycles. The molecule has 2 aromatic rings. The van der Waals surface area contributed by atoms with E-state index in [-0.39, 0.29) is 17.8 Å². The van der Waals surface area contributed by atoms with Crippen LogP contribution in [0.5, 0.6) is 0 Å². The molecule has 24 heavy (non-hydrogen) atoms. The van der Waals surface area contributed by atoms with Crippen LogP contribution in [-0.2, 0) is 5.60 Å². The van der Waals surface area contributed by atoms with Crippen molar-refractivity contribution in [3.63, 3.8) is 0 Å². The summed E-state index contributed by atoms with van der Waals surface area (Å²) in [5.74, 6) is 0.594. The van der Waals surface area contributed by atoms with Gasteiger partial charge in [0.2, 0.25) is 0 Å². The maximum atomic E-state index is 13.2. The van der Waals surface area contributed by atoms with Gasteiger partial charge in [0.1, 0.15) is 29.0 Å². The molecule has 126 valence electrons. The number of amides is 2. The zero-order valence-electron chi connectivity index (χ0n) is 13.6. The summed E-state index contributed by atoms with van der Waals surface area (Å²) in [5, 5.41) is 24.3. The number of aliphatic hydroxyl groups is 1. The zero-order chi connectivity index (χ0) is 17.9. The van der Waals surface area contributed by atoms with E-state index in [0.717, 1.165) is 6.07 Å². The number of halogens is 1. The van der Waals surface area contributed by atoms with Crippen LogP contribution in [0.1, 0.15) is 29.6 Å². The van der Waals surface area contributed by atoms with Crippen LogP contribution in [0.4, 0.5) is 14.9 Å². The van der Waals surface area contributed by atoms with Crippen molar-refractivity contribution in [2.45, 2.75) is 26.4 Å². The van der Waals surface area contributed by atoms with Crippen molar-refractivity contribution in [1.82, 2.24) is 5.32 Å². The van der Waals surface area contributed by atoms with E-state index in [2.05, 4.69) is 10.6 Å². The fraction of sp³-hybridized carbons (Fsp3) is 0.294. The van der Waals surface area contributed by atoms with E-state index in [4.69, 9.17) is 9.68 Å². The predicted octanol–water partition coefficient (Wildman–Crippen LogP) is 2.94. The topological polar surface area (TPSA) is 98.3 Å². The number of hydrogen-bond acceptors (Lipinski definition) is 4. The number of aryl methyl sites for hydroxylation is 2. The molecule has 0 aliphatic carbocycles. The number of hydrogen-bond donors (Lipinski definition) is 3. The molecule has 7 heteroatoms. The number of furan rings is 1. The Kier molecular flexibility index (Phi) is 4.90. The van der Waals surface area contributed by atoms with Crippen molar-refractivity contribution in [2.75, 3.05) is 11.9 Å². The first-order valence-corrected chi connectivity index (χ1v) is 7.27. The van der Waals surface area contributed by atoms with Crippen molar-refractivity contribution in [3.05, 3.63) is 52.7 Å². The van der Waals surface area contributed by atoms with E-state index in [1.807, 2.05) is 0 Å². The lowest BCUT2D eigenvalue weighted by atomic mass is 9.96. The van der Waals surface area contributed by atoms with Crippen molar-refractivity contribution in [3.8, 4) is 6.07 Å². The Morgan fingerprint density at radius 2 is 2.12 bits per heavy atom. The van der Waals surface area contributed by atoms with E-state index in [9.17, 15) is 14.3 Å². The third kappa shape index (κ3) is 3.91. The lowest BCUT2D eigenvalue weighted by Gasteiger charge is -2.23. The molecule has 0 aliphatic heterocycles. The van der Waals surface area contributed by atoms with Crippen molar-refractivity contribution in [1.29, 1.82) is 5.26 Å². The van der Waals surface area contributed by atoms with Crippen LogP contribution in [0.25, 0.3) is 0 Å². The second-order valence-electron chi connectivity index (χ2n) is 5.71. The number of carbonyl (C=O) groups excluding carboxylic acids is 1. The number of urea groups is 1. The fourth-order valence-corrected chi connectivity index (χ4v) is 2.38. The Labute approximate surface area is 138 Å². The SMILES string of the molecule is Cc1cc(C(C)(O)CNC(=O)Nc2ccc(F)c(C#N)c2)c(C)o1. The molecule has 0 saturated carbocycles. The fourth-order valence-electron chi connectivity index (χ4n) is 2.38. The average Bonchev–Trinajstić information content (AvgIpc) is 2.87. The quantitative estimate of drug-likeness (QED) is 0.802. The summed E-state index contributed by atoms with van der Waals surface area (Å²) in [6.07, 6.45) is 0. The van der Waals surface area contributed by atoms with Crippen LogP contribution in [0.15, 0.2) is 28.7 Å². The molecular formula is C17H18FN3O3. The highest BCUT2D eigenvalue weighted by molar-refractivity contribution is 5.89. The molecule has 0 spiro atoms.